The van der Waals surface area contributed by atoms with Crippen molar-refractivity contribution >= 4 is 5.91 Å². The van der Waals surface area contributed by atoms with Gasteiger partial charge in [-0.25, -0.2) is 0 Å². The Morgan fingerprint density at radius 2 is 2.60 bits per heavy atom. The average molecular weight is 208 g/mol. The van der Waals surface area contributed by atoms with E-state index < -0.39 is 0 Å². The van der Waals surface area contributed by atoms with Gasteiger partial charge in [-0.2, -0.15) is 5.10 Å². The summed E-state index contributed by atoms with van der Waals surface area (Å²) in [6, 6.07) is -0.0426. The fourth-order valence-electron chi connectivity index (χ4n) is 1.77. The maximum absolute atomic E-state index is 11.4. The molecule has 0 aromatic carbocycles. The highest BCUT2D eigenvalue weighted by molar-refractivity contribution is 5.82. The number of hydrogen-bond acceptors (Lipinski definition) is 3. The Hall–Kier alpha value is -1.36. The topological polar surface area (TPSA) is 59.0 Å². The molecule has 1 fully saturated rings. The van der Waals surface area contributed by atoms with Crippen molar-refractivity contribution in [3.8, 4) is 0 Å². The summed E-state index contributed by atoms with van der Waals surface area (Å²) in [4.78, 5) is 11.4. The third-order valence-corrected chi connectivity index (χ3v) is 2.60. The van der Waals surface area contributed by atoms with Gasteiger partial charge in [0, 0.05) is 31.9 Å². The summed E-state index contributed by atoms with van der Waals surface area (Å²) in [5.74, 6) is 0.116. The number of piperidine rings is 1. The van der Waals surface area contributed by atoms with E-state index in [2.05, 4.69) is 15.7 Å². The van der Waals surface area contributed by atoms with Crippen LogP contribution in [0.5, 0.6) is 0 Å². The zero-order valence-corrected chi connectivity index (χ0v) is 8.86. The van der Waals surface area contributed by atoms with Gasteiger partial charge in [-0.15, -0.1) is 0 Å². The van der Waals surface area contributed by atoms with Crippen molar-refractivity contribution < 1.29 is 4.79 Å². The van der Waals surface area contributed by atoms with Gasteiger partial charge in [0.1, 0.15) is 0 Å². The molecule has 5 nitrogen and oxygen atoms in total. The minimum Gasteiger partial charge on any atom is -0.355 e. The lowest BCUT2D eigenvalue weighted by molar-refractivity contribution is -0.124. The molecule has 0 saturated carbocycles. The quantitative estimate of drug-likeness (QED) is 0.722. The molecule has 2 rings (SSSR count). The zero-order valence-electron chi connectivity index (χ0n) is 8.86. The van der Waals surface area contributed by atoms with E-state index in [0.717, 1.165) is 24.9 Å². The van der Waals surface area contributed by atoms with Crippen LogP contribution in [0.3, 0.4) is 0 Å². The first-order chi connectivity index (χ1) is 7.25. The molecule has 15 heavy (non-hydrogen) atoms. The molecule has 0 bridgehead atoms. The number of hydrogen-bond donors (Lipinski definition) is 2. The number of amides is 1. The van der Waals surface area contributed by atoms with Crippen LogP contribution in [-0.4, -0.2) is 28.3 Å². The second kappa shape index (κ2) is 4.44. The van der Waals surface area contributed by atoms with Crippen LogP contribution in [-0.2, 0) is 18.4 Å². The van der Waals surface area contributed by atoms with Crippen LogP contribution < -0.4 is 10.6 Å². The zero-order chi connectivity index (χ0) is 10.7. The van der Waals surface area contributed by atoms with Crippen LogP contribution in [0.2, 0.25) is 0 Å². The SMILES string of the molecule is Cn1cc(CNC2CCCNC2=O)cn1. The standard InChI is InChI=1S/C10H16N4O/c1-14-7-8(6-13-14)5-12-9-3-2-4-11-10(9)15/h6-7,9,12H,2-5H2,1H3,(H,11,15). The third-order valence-electron chi connectivity index (χ3n) is 2.60. The summed E-state index contributed by atoms with van der Waals surface area (Å²) in [6.07, 6.45) is 5.74. The molecule has 1 saturated heterocycles. The first-order valence-corrected chi connectivity index (χ1v) is 5.24. The molecule has 1 atom stereocenters. The maximum atomic E-state index is 11.4. The van der Waals surface area contributed by atoms with Crippen LogP contribution in [0.1, 0.15) is 18.4 Å². The fraction of sp³-hybridized carbons (Fsp3) is 0.600. The Morgan fingerprint density at radius 1 is 1.73 bits per heavy atom. The average Bonchev–Trinajstić information content (AvgIpc) is 2.63. The lowest BCUT2D eigenvalue weighted by atomic mass is 10.1. The van der Waals surface area contributed by atoms with Gasteiger partial charge < -0.3 is 10.6 Å². The number of rotatable bonds is 3. The molecule has 0 spiro atoms. The predicted molar refractivity (Wildman–Crippen MR) is 56.1 cm³/mol. The first-order valence-electron chi connectivity index (χ1n) is 5.24. The van der Waals surface area contributed by atoms with E-state index in [0.29, 0.717) is 6.54 Å². The molecule has 1 amide bonds. The Morgan fingerprint density at radius 3 is 3.27 bits per heavy atom. The number of nitrogens with one attached hydrogen (secondary N) is 2. The van der Waals surface area contributed by atoms with E-state index in [-0.39, 0.29) is 11.9 Å². The number of aromatic nitrogens is 2. The maximum Gasteiger partial charge on any atom is 0.237 e. The van der Waals surface area contributed by atoms with E-state index in [1.165, 1.54) is 0 Å². The van der Waals surface area contributed by atoms with E-state index in [1.54, 1.807) is 4.68 Å². The van der Waals surface area contributed by atoms with E-state index in [1.807, 2.05) is 19.4 Å². The highest BCUT2D eigenvalue weighted by Gasteiger charge is 2.20. The van der Waals surface area contributed by atoms with Crippen LogP contribution in [0.15, 0.2) is 12.4 Å². The number of nitrogens with zero attached hydrogens (tertiary/aromatic N) is 2. The van der Waals surface area contributed by atoms with E-state index in [9.17, 15) is 4.79 Å². The van der Waals surface area contributed by atoms with Crippen molar-refractivity contribution in [1.29, 1.82) is 0 Å². The van der Waals surface area contributed by atoms with Gasteiger partial charge in [-0.05, 0) is 12.8 Å². The van der Waals surface area contributed by atoms with E-state index >= 15 is 0 Å². The molecule has 1 unspecified atom stereocenters. The van der Waals surface area contributed by atoms with Crippen molar-refractivity contribution in [1.82, 2.24) is 20.4 Å². The molecule has 0 radical (unpaired) electrons. The molecule has 2 heterocycles. The van der Waals surface area contributed by atoms with Gasteiger partial charge in [0.25, 0.3) is 0 Å². The molecular formula is C10H16N4O. The Kier molecular flexibility index (Phi) is 3.01. The second-order valence-electron chi connectivity index (χ2n) is 3.89. The fourth-order valence-corrected chi connectivity index (χ4v) is 1.77. The lowest BCUT2D eigenvalue weighted by Gasteiger charge is -2.22. The van der Waals surface area contributed by atoms with Crippen LogP contribution >= 0.6 is 0 Å². The summed E-state index contributed by atoms with van der Waals surface area (Å²) in [7, 11) is 1.89. The Labute approximate surface area is 88.8 Å². The smallest absolute Gasteiger partial charge is 0.237 e. The van der Waals surface area contributed by atoms with Crippen molar-refractivity contribution in [3.63, 3.8) is 0 Å². The van der Waals surface area contributed by atoms with Gasteiger partial charge >= 0.3 is 0 Å². The molecule has 1 aliphatic rings. The van der Waals surface area contributed by atoms with Crippen molar-refractivity contribution in [3.05, 3.63) is 18.0 Å². The normalized spacial score (nSPS) is 21.4. The molecule has 1 aromatic rings. The summed E-state index contributed by atoms with van der Waals surface area (Å²) < 4.78 is 1.76. The van der Waals surface area contributed by atoms with Crippen molar-refractivity contribution in [2.24, 2.45) is 7.05 Å². The molecule has 82 valence electrons. The summed E-state index contributed by atoms with van der Waals surface area (Å²) in [5, 5.41) is 10.2. The molecule has 1 aromatic heterocycles. The minimum atomic E-state index is -0.0426. The molecule has 0 aliphatic carbocycles. The summed E-state index contributed by atoms with van der Waals surface area (Å²) in [6.45, 7) is 1.51. The first kappa shape index (κ1) is 10.2. The highest BCUT2D eigenvalue weighted by atomic mass is 16.2. The van der Waals surface area contributed by atoms with Gasteiger partial charge in [0.05, 0.1) is 12.2 Å². The molecular weight excluding hydrogens is 192 g/mol. The monoisotopic (exact) mass is 208 g/mol. The summed E-state index contributed by atoms with van der Waals surface area (Å²) in [5.41, 5.74) is 1.11. The summed E-state index contributed by atoms with van der Waals surface area (Å²) >= 11 is 0. The predicted octanol–water partition coefficient (Wildman–Crippen LogP) is -0.212. The number of carbonyl (C=O) groups is 1. The van der Waals surface area contributed by atoms with Crippen molar-refractivity contribution in [2.45, 2.75) is 25.4 Å². The van der Waals surface area contributed by atoms with Gasteiger partial charge in [-0.1, -0.05) is 0 Å². The number of carbonyl (C=O) groups excluding carboxylic acids is 1. The second-order valence-corrected chi connectivity index (χ2v) is 3.89. The lowest BCUT2D eigenvalue weighted by Crippen LogP contribution is -2.47. The van der Waals surface area contributed by atoms with Gasteiger partial charge in [0.15, 0.2) is 0 Å². The number of aryl methyl sites for hydroxylation is 1. The van der Waals surface area contributed by atoms with Crippen LogP contribution in [0.4, 0.5) is 0 Å². The van der Waals surface area contributed by atoms with Gasteiger partial charge in [-0.3, -0.25) is 9.48 Å². The van der Waals surface area contributed by atoms with Crippen molar-refractivity contribution in [2.75, 3.05) is 6.54 Å². The Bertz CT molecular complexity index is 347. The largest absolute Gasteiger partial charge is 0.355 e. The van der Waals surface area contributed by atoms with Crippen LogP contribution in [0.25, 0.3) is 0 Å². The highest BCUT2D eigenvalue weighted by Crippen LogP contribution is 2.04. The molecule has 1 aliphatic heterocycles. The van der Waals surface area contributed by atoms with Gasteiger partial charge in [0.2, 0.25) is 5.91 Å². The van der Waals surface area contributed by atoms with Crippen LogP contribution in [0, 0.1) is 0 Å². The van der Waals surface area contributed by atoms with E-state index in [4.69, 9.17) is 0 Å². The molecule has 5 heteroatoms. The molecule has 2 N–H and O–H groups in total. The Balaban J connectivity index is 1.84. The minimum absolute atomic E-state index is 0.0426. The third kappa shape index (κ3) is 2.56.